The van der Waals surface area contributed by atoms with Crippen LogP contribution >= 0.6 is 0 Å². The topological polar surface area (TPSA) is 108 Å². The first-order chi connectivity index (χ1) is 16.1. The summed E-state index contributed by atoms with van der Waals surface area (Å²) in [5.41, 5.74) is 0.534. The molecule has 3 aromatic rings. The van der Waals surface area contributed by atoms with Crippen molar-refractivity contribution in [3.8, 4) is 0 Å². The molecule has 1 aliphatic rings. The number of rotatable bonds is 6. The highest BCUT2D eigenvalue weighted by molar-refractivity contribution is 7.89. The molecule has 0 saturated heterocycles. The fraction of sp³-hybridized carbons (Fsp3) is 0.227. The highest BCUT2D eigenvalue weighted by atomic mass is 32.2. The zero-order chi connectivity index (χ0) is 24.6. The minimum absolute atomic E-state index is 0.112. The first-order valence-electron chi connectivity index (χ1n) is 10.3. The number of sulfonamides is 1. The van der Waals surface area contributed by atoms with Crippen LogP contribution in [-0.2, 0) is 14.8 Å². The first kappa shape index (κ1) is 23.5. The summed E-state index contributed by atoms with van der Waals surface area (Å²) < 4.78 is 55.6. The number of hydrogen-bond donors (Lipinski definition) is 2. The molecule has 0 aliphatic carbocycles. The molecule has 4 rings (SSSR count). The fourth-order valence-electron chi connectivity index (χ4n) is 3.72. The van der Waals surface area contributed by atoms with Crippen molar-refractivity contribution in [1.29, 1.82) is 0 Å². The summed E-state index contributed by atoms with van der Waals surface area (Å²) >= 11 is 0. The third kappa shape index (κ3) is 4.17. The molecule has 178 valence electrons. The largest absolute Gasteiger partial charge is 0.342 e. The zero-order valence-electron chi connectivity index (χ0n) is 18.6. The second-order valence-corrected chi connectivity index (χ2v) is 9.37. The van der Waals surface area contributed by atoms with Crippen LogP contribution in [0.3, 0.4) is 0 Å². The molecule has 9 nitrogen and oxygen atoms in total. The molecule has 1 aliphatic heterocycles. The van der Waals surface area contributed by atoms with Crippen molar-refractivity contribution in [3.05, 3.63) is 65.9 Å². The number of nitrogens with zero attached hydrogens (tertiary/aromatic N) is 4. The van der Waals surface area contributed by atoms with Crippen LogP contribution in [0, 0.1) is 11.6 Å². The second-order valence-electron chi connectivity index (χ2n) is 7.60. The van der Waals surface area contributed by atoms with Gasteiger partial charge >= 0.3 is 0 Å². The van der Waals surface area contributed by atoms with E-state index in [0.29, 0.717) is 17.2 Å². The maximum absolute atomic E-state index is 14.5. The van der Waals surface area contributed by atoms with Crippen LogP contribution in [0.1, 0.15) is 18.5 Å². The summed E-state index contributed by atoms with van der Waals surface area (Å²) in [7, 11) is -0.573. The smallest absolute Gasteiger partial charge is 0.254 e. The molecule has 0 saturated carbocycles. The zero-order valence-corrected chi connectivity index (χ0v) is 19.4. The number of fused-ring (bicyclic) bond motifs is 1. The van der Waals surface area contributed by atoms with Crippen molar-refractivity contribution >= 4 is 39.1 Å². The van der Waals surface area contributed by atoms with Crippen LogP contribution in [-0.4, -0.2) is 44.9 Å². The Morgan fingerprint density at radius 3 is 2.32 bits per heavy atom. The van der Waals surface area contributed by atoms with Gasteiger partial charge in [-0.25, -0.2) is 26.9 Å². The molecule has 1 amide bonds. The lowest BCUT2D eigenvalue weighted by molar-refractivity contribution is -0.120. The number of carbonyl (C=O) groups is 1. The molecule has 1 unspecified atom stereocenters. The number of aromatic nitrogens is 2. The average molecular weight is 489 g/mol. The average Bonchev–Trinajstić information content (AvgIpc) is 2.80. The Bertz CT molecular complexity index is 1330. The first-order valence-corrected chi connectivity index (χ1v) is 11.8. The minimum atomic E-state index is -3.58. The highest BCUT2D eigenvalue weighted by Gasteiger charge is 2.40. The van der Waals surface area contributed by atoms with Gasteiger partial charge < -0.3 is 15.1 Å². The van der Waals surface area contributed by atoms with E-state index in [0.717, 1.165) is 12.1 Å². The van der Waals surface area contributed by atoms with Gasteiger partial charge in [-0.3, -0.25) is 4.79 Å². The Morgan fingerprint density at radius 1 is 1.06 bits per heavy atom. The Labute approximate surface area is 195 Å². The Hall–Kier alpha value is -3.64. The van der Waals surface area contributed by atoms with Gasteiger partial charge in [-0.05, 0) is 36.4 Å². The van der Waals surface area contributed by atoms with E-state index in [1.54, 1.807) is 19.1 Å². The van der Waals surface area contributed by atoms with Gasteiger partial charge in [0.1, 0.15) is 23.4 Å². The predicted molar refractivity (Wildman–Crippen MR) is 124 cm³/mol. The molecular weight excluding hydrogens is 466 g/mol. The van der Waals surface area contributed by atoms with Crippen molar-refractivity contribution in [3.63, 3.8) is 0 Å². The molecule has 2 heterocycles. The fourth-order valence-corrected chi connectivity index (χ4v) is 4.76. The molecule has 34 heavy (non-hydrogen) atoms. The lowest BCUT2D eigenvalue weighted by atomic mass is 10.0. The van der Waals surface area contributed by atoms with Gasteiger partial charge in [0.2, 0.25) is 16.0 Å². The number of halogens is 2. The van der Waals surface area contributed by atoms with Crippen LogP contribution in [0.2, 0.25) is 0 Å². The van der Waals surface area contributed by atoms with Gasteiger partial charge in [0.05, 0.1) is 16.7 Å². The molecule has 0 spiro atoms. The molecular formula is C22H22F2N6O3S. The molecule has 12 heteroatoms. The van der Waals surface area contributed by atoms with Crippen molar-refractivity contribution in [1.82, 2.24) is 14.7 Å². The summed E-state index contributed by atoms with van der Waals surface area (Å²) in [4.78, 5) is 24.4. The van der Waals surface area contributed by atoms with E-state index in [1.165, 1.54) is 48.3 Å². The summed E-state index contributed by atoms with van der Waals surface area (Å²) in [6.45, 7) is 1.96. The third-order valence-corrected chi connectivity index (χ3v) is 6.99. The number of anilines is 4. The van der Waals surface area contributed by atoms with Crippen LogP contribution in [0.25, 0.3) is 0 Å². The van der Waals surface area contributed by atoms with Crippen LogP contribution in [0.15, 0.2) is 53.6 Å². The van der Waals surface area contributed by atoms with Crippen molar-refractivity contribution in [2.45, 2.75) is 17.9 Å². The molecule has 0 radical (unpaired) electrons. The summed E-state index contributed by atoms with van der Waals surface area (Å²) in [6, 6.07) is 8.18. The number of amides is 1. The van der Waals surface area contributed by atoms with E-state index >= 15 is 0 Å². The van der Waals surface area contributed by atoms with E-state index in [9.17, 15) is 22.0 Å². The molecule has 0 bridgehead atoms. The SMILES string of the molecule is CCNS(=O)(=O)c1ccc(Nc2ncc3c(n2)N(C)C(c2c(F)cccc2F)C(=O)N3C)cc1. The summed E-state index contributed by atoms with van der Waals surface area (Å²) in [5.74, 6) is -1.74. The van der Waals surface area contributed by atoms with Gasteiger partial charge in [0.25, 0.3) is 5.91 Å². The van der Waals surface area contributed by atoms with Gasteiger partial charge in [0.15, 0.2) is 5.82 Å². The van der Waals surface area contributed by atoms with Gasteiger partial charge in [-0.2, -0.15) is 4.98 Å². The number of benzene rings is 2. The third-order valence-electron chi connectivity index (χ3n) is 5.43. The van der Waals surface area contributed by atoms with Crippen molar-refractivity contribution < 1.29 is 22.0 Å². The Morgan fingerprint density at radius 2 is 1.71 bits per heavy atom. The normalized spacial score (nSPS) is 15.9. The predicted octanol–water partition coefficient (Wildman–Crippen LogP) is 2.95. The molecule has 0 fully saturated rings. The maximum atomic E-state index is 14.5. The maximum Gasteiger partial charge on any atom is 0.254 e. The van der Waals surface area contributed by atoms with Gasteiger partial charge in [-0.15, -0.1) is 0 Å². The monoisotopic (exact) mass is 488 g/mol. The van der Waals surface area contributed by atoms with Gasteiger partial charge in [-0.1, -0.05) is 13.0 Å². The molecule has 2 N–H and O–H groups in total. The highest BCUT2D eigenvalue weighted by Crippen LogP contribution is 2.40. The number of carbonyl (C=O) groups excluding carboxylic acids is 1. The van der Waals surface area contributed by atoms with Crippen molar-refractivity contribution in [2.75, 3.05) is 35.8 Å². The van der Waals surface area contributed by atoms with Crippen LogP contribution < -0.4 is 19.8 Å². The lowest BCUT2D eigenvalue weighted by Crippen LogP contribution is -2.46. The molecule has 1 atom stereocenters. The number of likely N-dealkylation sites (N-methyl/N-ethyl adjacent to an activating group) is 2. The second kappa shape index (κ2) is 8.95. The minimum Gasteiger partial charge on any atom is -0.342 e. The van der Waals surface area contributed by atoms with Crippen LogP contribution in [0.4, 0.5) is 31.9 Å². The van der Waals surface area contributed by atoms with Gasteiger partial charge in [0, 0.05) is 26.3 Å². The lowest BCUT2D eigenvalue weighted by Gasteiger charge is -2.38. The van der Waals surface area contributed by atoms with Crippen molar-refractivity contribution in [2.24, 2.45) is 0 Å². The van der Waals surface area contributed by atoms with E-state index in [4.69, 9.17) is 0 Å². The standard InChI is InChI=1S/C22H22F2N6O3S/c1-4-26-34(32,33)14-10-8-13(9-11-14)27-22-25-12-17-20(28-22)30(3)19(21(31)29(17)2)18-15(23)6-5-7-16(18)24/h5-12,19,26H,4H2,1-3H3,(H,25,27,28). The summed E-state index contributed by atoms with van der Waals surface area (Å²) in [5, 5.41) is 2.97. The summed E-state index contributed by atoms with van der Waals surface area (Å²) in [6.07, 6.45) is 1.43. The Balaban J connectivity index is 1.66. The van der Waals surface area contributed by atoms with E-state index in [-0.39, 0.29) is 23.0 Å². The Kier molecular flexibility index (Phi) is 6.19. The number of hydrogen-bond acceptors (Lipinski definition) is 7. The number of nitrogens with one attached hydrogen (secondary N) is 2. The quantitative estimate of drug-likeness (QED) is 0.549. The molecule has 2 aromatic carbocycles. The van der Waals surface area contributed by atoms with Crippen LogP contribution in [0.5, 0.6) is 0 Å². The van der Waals surface area contributed by atoms with E-state index in [2.05, 4.69) is 20.0 Å². The van der Waals surface area contributed by atoms with E-state index < -0.39 is 33.6 Å². The van der Waals surface area contributed by atoms with E-state index in [1.807, 2.05) is 0 Å². The molecule has 1 aromatic heterocycles.